The number of nitrogens with zero attached hydrogens (tertiary/aromatic N) is 4. The molecular formula is C11H15ClN6. The molecular weight excluding hydrogens is 252 g/mol. The van der Waals surface area contributed by atoms with Gasteiger partial charge in [-0.2, -0.15) is 5.10 Å². The maximum atomic E-state index is 5.98. The smallest absolute Gasteiger partial charge is 0.157 e. The van der Waals surface area contributed by atoms with Crippen molar-refractivity contribution in [3.63, 3.8) is 0 Å². The summed E-state index contributed by atoms with van der Waals surface area (Å²) in [4.78, 5) is 8.09. The molecule has 0 atom stereocenters. The fraction of sp³-hybridized carbons (Fsp3) is 0.364. The largest absolute Gasteiger partial charge is 0.383 e. The number of nitrogens with one attached hydrogen (secondary N) is 2. The number of hydrogen-bond acceptors (Lipinski definition) is 5. The maximum absolute atomic E-state index is 5.98. The van der Waals surface area contributed by atoms with Crippen LogP contribution < -0.4 is 10.6 Å². The van der Waals surface area contributed by atoms with E-state index in [4.69, 9.17) is 11.6 Å². The summed E-state index contributed by atoms with van der Waals surface area (Å²) < 4.78 is 1.84. The highest BCUT2D eigenvalue weighted by atomic mass is 35.5. The van der Waals surface area contributed by atoms with Crippen LogP contribution in [0.1, 0.15) is 11.3 Å². The zero-order chi connectivity index (χ0) is 13.1. The fourth-order valence-corrected chi connectivity index (χ4v) is 1.84. The summed E-state index contributed by atoms with van der Waals surface area (Å²) in [5, 5.41) is 10.8. The van der Waals surface area contributed by atoms with Crippen molar-refractivity contribution in [3.8, 4) is 0 Å². The Kier molecular flexibility index (Phi) is 3.66. The quantitative estimate of drug-likeness (QED) is 0.827. The van der Waals surface area contributed by atoms with Gasteiger partial charge in [-0.3, -0.25) is 4.68 Å². The van der Waals surface area contributed by atoms with Crippen molar-refractivity contribution in [2.75, 3.05) is 17.7 Å². The van der Waals surface area contributed by atoms with Crippen molar-refractivity contribution in [1.82, 2.24) is 19.7 Å². The van der Waals surface area contributed by atoms with Crippen LogP contribution in [0.5, 0.6) is 0 Å². The van der Waals surface area contributed by atoms with Gasteiger partial charge in [0, 0.05) is 31.9 Å². The molecule has 0 bridgehead atoms. The first-order valence-corrected chi connectivity index (χ1v) is 5.91. The first kappa shape index (κ1) is 12.6. The molecule has 0 unspecified atom stereocenters. The van der Waals surface area contributed by atoms with Crippen molar-refractivity contribution < 1.29 is 0 Å². The standard InChI is InChI=1S/C11H15ClN6/c1-7-8(5-17-18(7)3)4-14-11-9(13-2)10(12)15-6-16-11/h5-6,13H,4H2,1-3H3,(H,14,15,16). The first-order valence-electron chi connectivity index (χ1n) is 5.53. The topological polar surface area (TPSA) is 67.7 Å². The van der Waals surface area contributed by atoms with Gasteiger partial charge in [0.05, 0.1) is 6.20 Å². The minimum Gasteiger partial charge on any atom is -0.383 e. The molecule has 0 saturated carbocycles. The van der Waals surface area contributed by atoms with Crippen molar-refractivity contribution in [2.45, 2.75) is 13.5 Å². The van der Waals surface area contributed by atoms with Crippen LogP contribution in [0.4, 0.5) is 11.5 Å². The first-order chi connectivity index (χ1) is 8.63. The van der Waals surface area contributed by atoms with Gasteiger partial charge in [-0.15, -0.1) is 0 Å². The van der Waals surface area contributed by atoms with E-state index in [2.05, 4.69) is 25.7 Å². The van der Waals surface area contributed by atoms with Gasteiger partial charge in [-0.1, -0.05) is 11.6 Å². The Morgan fingerprint density at radius 2 is 2.17 bits per heavy atom. The second-order valence-corrected chi connectivity index (χ2v) is 4.23. The van der Waals surface area contributed by atoms with E-state index < -0.39 is 0 Å². The molecule has 2 N–H and O–H groups in total. The van der Waals surface area contributed by atoms with Crippen LogP contribution in [0.15, 0.2) is 12.5 Å². The number of rotatable bonds is 4. The van der Waals surface area contributed by atoms with E-state index in [1.165, 1.54) is 6.33 Å². The lowest BCUT2D eigenvalue weighted by molar-refractivity contribution is 0.738. The minimum absolute atomic E-state index is 0.401. The highest BCUT2D eigenvalue weighted by Crippen LogP contribution is 2.25. The molecule has 2 aromatic rings. The molecule has 0 saturated heterocycles. The molecule has 2 heterocycles. The number of anilines is 2. The number of hydrogen-bond donors (Lipinski definition) is 2. The predicted molar refractivity (Wildman–Crippen MR) is 71.9 cm³/mol. The summed E-state index contributed by atoms with van der Waals surface area (Å²) in [6.07, 6.45) is 3.27. The van der Waals surface area contributed by atoms with Crippen LogP contribution in [0, 0.1) is 6.92 Å². The van der Waals surface area contributed by atoms with Gasteiger partial charge in [-0.25, -0.2) is 9.97 Å². The lowest BCUT2D eigenvalue weighted by atomic mass is 10.2. The van der Waals surface area contributed by atoms with Crippen molar-refractivity contribution in [1.29, 1.82) is 0 Å². The Bertz CT molecular complexity index is 550. The lowest BCUT2D eigenvalue weighted by Crippen LogP contribution is -2.06. The SMILES string of the molecule is CNc1c(Cl)ncnc1NCc1cnn(C)c1C. The van der Waals surface area contributed by atoms with Gasteiger partial charge < -0.3 is 10.6 Å². The summed E-state index contributed by atoms with van der Waals surface area (Å²) in [6.45, 7) is 2.66. The van der Waals surface area contributed by atoms with Crippen molar-refractivity contribution in [2.24, 2.45) is 7.05 Å². The summed E-state index contributed by atoms with van der Waals surface area (Å²) in [7, 11) is 3.70. The van der Waals surface area contributed by atoms with Crippen LogP contribution in [0.3, 0.4) is 0 Å². The van der Waals surface area contributed by atoms with E-state index in [-0.39, 0.29) is 0 Å². The van der Waals surface area contributed by atoms with E-state index in [1.807, 2.05) is 24.9 Å². The van der Waals surface area contributed by atoms with Crippen LogP contribution >= 0.6 is 11.6 Å². The van der Waals surface area contributed by atoms with Gasteiger partial charge >= 0.3 is 0 Å². The molecule has 0 aliphatic heterocycles. The van der Waals surface area contributed by atoms with E-state index in [0.29, 0.717) is 23.2 Å². The molecule has 2 aromatic heterocycles. The third-order valence-corrected chi connectivity index (χ3v) is 3.12. The molecule has 0 aliphatic rings. The third-order valence-electron chi connectivity index (χ3n) is 2.83. The van der Waals surface area contributed by atoms with Gasteiger partial charge in [0.25, 0.3) is 0 Å². The summed E-state index contributed by atoms with van der Waals surface area (Å²) >= 11 is 5.98. The van der Waals surface area contributed by atoms with Crippen LogP contribution in [-0.4, -0.2) is 26.8 Å². The van der Waals surface area contributed by atoms with E-state index in [1.54, 1.807) is 7.05 Å². The zero-order valence-electron chi connectivity index (χ0n) is 10.5. The normalized spacial score (nSPS) is 10.4. The van der Waals surface area contributed by atoms with Crippen molar-refractivity contribution in [3.05, 3.63) is 28.9 Å². The average Bonchev–Trinajstić information content (AvgIpc) is 2.68. The molecule has 0 aromatic carbocycles. The summed E-state index contributed by atoms with van der Waals surface area (Å²) in [5.74, 6) is 0.681. The molecule has 0 amide bonds. The second-order valence-electron chi connectivity index (χ2n) is 3.87. The average molecular weight is 267 g/mol. The van der Waals surface area contributed by atoms with Gasteiger partial charge in [0.1, 0.15) is 12.0 Å². The molecule has 7 heteroatoms. The maximum Gasteiger partial charge on any atom is 0.157 e. The monoisotopic (exact) mass is 266 g/mol. The molecule has 2 rings (SSSR count). The predicted octanol–water partition coefficient (Wildman–Crippen LogP) is 1.83. The Hall–Kier alpha value is -1.82. The number of aromatic nitrogens is 4. The van der Waals surface area contributed by atoms with Gasteiger partial charge in [0.15, 0.2) is 11.0 Å². The van der Waals surface area contributed by atoms with Crippen molar-refractivity contribution >= 4 is 23.1 Å². The Morgan fingerprint density at radius 3 is 2.78 bits per heavy atom. The van der Waals surface area contributed by atoms with Crippen LogP contribution in [-0.2, 0) is 13.6 Å². The van der Waals surface area contributed by atoms with Gasteiger partial charge in [-0.05, 0) is 6.92 Å². The minimum atomic E-state index is 0.401. The zero-order valence-corrected chi connectivity index (χ0v) is 11.3. The Morgan fingerprint density at radius 1 is 1.39 bits per heavy atom. The summed E-state index contributed by atoms with van der Waals surface area (Å²) in [6, 6.07) is 0. The van der Waals surface area contributed by atoms with Gasteiger partial charge in [0.2, 0.25) is 0 Å². The molecule has 0 fully saturated rings. The van der Waals surface area contributed by atoms with E-state index >= 15 is 0 Å². The number of halogens is 1. The fourth-order valence-electron chi connectivity index (χ4n) is 1.62. The molecule has 96 valence electrons. The highest BCUT2D eigenvalue weighted by molar-refractivity contribution is 6.32. The Labute approximate surface area is 110 Å². The third kappa shape index (κ3) is 2.38. The molecule has 0 spiro atoms. The van der Waals surface area contributed by atoms with E-state index in [9.17, 15) is 0 Å². The van der Waals surface area contributed by atoms with Crippen LogP contribution in [0.25, 0.3) is 0 Å². The second kappa shape index (κ2) is 5.22. The molecule has 6 nitrogen and oxygen atoms in total. The molecule has 0 aliphatic carbocycles. The molecule has 18 heavy (non-hydrogen) atoms. The summed E-state index contributed by atoms with van der Waals surface area (Å²) in [5.41, 5.74) is 2.93. The Balaban J connectivity index is 2.16. The number of aryl methyl sites for hydroxylation is 1. The van der Waals surface area contributed by atoms with Crippen LogP contribution in [0.2, 0.25) is 5.15 Å². The molecule has 0 radical (unpaired) electrons. The van der Waals surface area contributed by atoms with E-state index in [0.717, 1.165) is 11.3 Å². The highest BCUT2D eigenvalue weighted by Gasteiger charge is 2.09. The lowest BCUT2D eigenvalue weighted by Gasteiger charge is -2.10.